The van der Waals surface area contributed by atoms with Gasteiger partial charge in [0.2, 0.25) is 4.75 Å². The van der Waals surface area contributed by atoms with Crippen LogP contribution in [0.25, 0.3) is 0 Å². The quantitative estimate of drug-likeness (QED) is 0.113. The van der Waals surface area contributed by atoms with E-state index in [-0.39, 0.29) is 72.1 Å². The van der Waals surface area contributed by atoms with E-state index in [2.05, 4.69) is 13.8 Å². The zero-order valence-electron chi connectivity index (χ0n) is 22.2. The number of hydrogen-bond acceptors (Lipinski definition) is 4. The van der Waals surface area contributed by atoms with E-state index in [0.29, 0.717) is 12.8 Å². The summed E-state index contributed by atoms with van der Waals surface area (Å²) in [4.78, 5) is 24.0. The molecule has 0 radical (unpaired) electrons. The van der Waals surface area contributed by atoms with Gasteiger partial charge in [0.15, 0.2) is 0 Å². The molecular weight excluding hydrogens is 471 g/mol. The average Bonchev–Trinajstić information content (AvgIpc) is 2.71. The molecule has 0 aliphatic rings. The summed E-state index contributed by atoms with van der Waals surface area (Å²) >= 11 is 0. The van der Waals surface area contributed by atoms with Crippen molar-refractivity contribution in [2.24, 2.45) is 5.92 Å². The van der Waals surface area contributed by atoms with Crippen LogP contribution in [0.2, 0.25) is 0 Å². The Morgan fingerprint density at radius 1 is 0.727 bits per heavy atom. The normalized spacial score (nSPS) is 14.3. The predicted molar refractivity (Wildman–Crippen MR) is 129 cm³/mol. The number of rotatable bonds is 22. The van der Waals surface area contributed by atoms with Crippen LogP contribution in [-0.2, 0) is 19.7 Å². The summed E-state index contributed by atoms with van der Waals surface area (Å²) in [5, 5.41) is 19.5. The van der Waals surface area contributed by atoms with Gasteiger partial charge >= 0.3 is 63.3 Å². The zero-order valence-corrected chi connectivity index (χ0v) is 25.1. The summed E-state index contributed by atoms with van der Waals surface area (Å²) < 4.78 is 31.6. The van der Waals surface area contributed by atoms with E-state index in [9.17, 15) is 32.8 Å². The van der Waals surface area contributed by atoms with Gasteiger partial charge in [-0.05, 0) is 12.8 Å². The molecular formula is C24H47KO7S. The van der Waals surface area contributed by atoms with Gasteiger partial charge in [0, 0.05) is 0 Å². The van der Waals surface area contributed by atoms with Crippen molar-refractivity contribution in [1.82, 2.24) is 0 Å². The van der Waals surface area contributed by atoms with Gasteiger partial charge in [-0.1, -0.05) is 117 Å². The van der Waals surface area contributed by atoms with Gasteiger partial charge in [-0.2, -0.15) is 8.42 Å². The molecule has 0 saturated heterocycles. The second-order valence-electron chi connectivity index (χ2n) is 9.05. The third-order valence-electron chi connectivity index (χ3n) is 6.43. The van der Waals surface area contributed by atoms with Gasteiger partial charge in [0.05, 0.1) is 5.92 Å². The minimum absolute atomic E-state index is 0. The number of hydrogen-bond donors (Lipinski definition) is 3. The molecule has 33 heavy (non-hydrogen) atoms. The summed E-state index contributed by atoms with van der Waals surface area (Å²) in [7, 11) is -5.11. The molecule has 0 saturated carbocycles. The van der Waals surface area contributed by atoms with Crippen molar-refractivity contribution in [3.05, 3.63) is 0 Å². The Bertz CT molecular complexity index is 631. The maximum atomic E-state index is 12.2. The predicted octanol–water partition coefficient (Wildman–Crippen LogP) is 3.58. The van der Waals surface area contributed by atoms with Gasteiger partial charge in [-0.3, -0.25) is 14.1 Å². The monoisotopic (exact) mass is 518 g/mol. The Balaban J connectivity index is -0.00000480. The van der Waals surface area contributed by atoms with Gasteiger partial charge in [0.1, 0.15) is 0 Å². The van der Waals surface area contributed by atoms with Crippen molar-refractivity contribution in [3.63, 3.8) is 0 Å². The molecule has 3 N–H and O–H groups in total. The molecule has 0 aromatic rings. The Morgan fingerprint density at radius 3 is 1.42 bits per heavy atom. The first-order valence-electron chi connectivity index (χ1n) is 12.6. The Morgan fingerprint density at radius 2 is 1.09 bits per heavy atom. The number of carboxylic acid groups (broad SMARTS) is 2. The Kier molecular flexibility index (Phi) is 22.3. The standard InChI is InChI=1S/C24H46O7S.K.H/c1-3-5-7-9-11-13-15-17-19-21(22(25)26)24(23(27)28,32(29,30)31)20-18-16-14-12-10-8-6-4-2;;/h21H,3-20H2,1-2H3,(H,25,26)(H,27,28)(H,29,30,31);;/q;+1;-1. The summed E-state index contributed by atoms with van der Waals surface area (Å²) in [6, 6.07) is 0. The van der Waals surface area contributed by atoms with Crippen LogP contribution < -0.4 is 51.4 Å². The first-order valence-corrected chi connectivity index (χ1v) is 14.0. The minimum atomic E-state index is -5.11. The largest absolute Gasteiger partial charge is 1.00 e. The average molecular weight is 519 g/mol. The second-order valence-corrected chi connectivity index (χ2v) is 10.7. The maximum absolute atomic E-state index is 12.2. The van der Waals surface area contributed by atoms with Crippen molar-refractivity contribution in [1.29, 1.82) is 0 Å². The van der Waals surface area contributed by atoms with Crippen molar-refractivity contribution in [3.8, 4) is 0 Å². The Hall–Kier alpha value is 0.486. The van der Waals surface area contributed by atoms with Gasteiger partial charge in [0.25, 0.3) is 10.1 Å². The molecule has 9 heteroatoms. The van der Waals surface area contributed by atoms with Gasteiger partial charge < -0.3 is 11.6 Å². The molecule has 0 amide bonds. The van der Waals surface area contributed by atoms with E-state index in [4.69, 9.17) is 0 Å². The summed E-state index contributed by atoms with van der Waals surface area (Å²) in [5.41, 5.74) is 0. The van der Waals surface area contributed by atoms with E-state index >= 15 is 0 Å². The van der Waals surface area contributed by atoms with Gasteiger partial charge in [-0.25, -0.2) is 0 Å². The van der Waals surface area contributed by atoms with Crippen LogP contribution in [0.1, 0.15) is 131 Å². The fourth-order valence-corrected chi connectivity index (χ4v) is 5.61. The molecule has 0 aromatic heterocycles. The summed E-state index contributed by atoms with van der Waals surface area (Å²) in [6.07, 6.45) is 14.4. The topological polar surface area (TPSA) is 129 Å². The SMILES string of the molecule is CCCCCCCCCCC(C(=O)O)C(CCCCCCCCCC)(C(=O)O)S(=O)(=O)O.[H-].[K+]. The number of unbranched alkanes of at least 4 members (excludes halogenated alkanes) is 14. The smallest absolute Gasteiger partial charge is 1.00 e. The summed E-state index contributed by atoms with van der Waals surface area (Å²) in [6.45, 7) is 4.27. The molecule has 0 heterocycles. The van der Waals surface area contributed by atoms with E-state index in [1.807, 2.05) is 0 Å². The molecule has 2 unspecified atom stereocenters. The fourth-order valence-electron chi connectivity index (χ4n) is 4.41. The maximum Gasteiger partial charge on any atom is 1.00 e. The minimum Gasteiger partial charge on any atom is -1.00 e. The molecule has 0 rings (SSSR count). The molecule has 0 bridgehead atoms. The number of aliphatic carboxylic acids is 2. The van der Waals surface area contributed by atoms with Crippen LogP contribution in [0.15, 0.2) is 0 Å². The van der Waals surface area contributed by atoms with Crippen LogP contribution in [0, 0.1) is 5.92 Å². The van der Waals surface area contributed by atoms with E-state index in [1.54, 1.807) is 0 Å². The van der Waals surface area contributed by atoms with Crippen molar-refractivity contribution in [2.45, 2.75) is 134 Å². The number of carboxylic acids is 2. The summed E-state index contributed by atoms with van der Waals surface area (Å²) in [5.74, 6) is -4.91. The van der Waals surface area contributed by atoms with Crippen LogP contribution in [0.4, 0.5) is 0 Å². The van der Waals surface area contributed by atoms with E-state index < -0.39 is 32.7 Å². The van der Waals surface area contributed by atoms with Crippen molar-refractivity contribution < 1.29 is 85.6 Å². The third-order valence-corrected chi connectivity index (χ3v) is 8.02. The van der Waals surface area contributed by atoms with Crippen LogP contribution in [0.3, 0.4) is 0 Å². The second kappa shape index (κ2) is 20.7. The van der Waals surface area contributed by atoms with E-state index in [0.717, 1.165) is 70.6 Å². The van der Waals surface area contributed by atoms with Crippen LogP contribution >= 0.6 is 0 Å². The molecule has 7 nitrogen and oxygen atoms in total. The Labute approximate surface area is 245 Å². The molecule has 0 aliphatic heterocycles. The fraction of sp³-hybridized carbons (Fsp3) is 0.917. The van der Waals surface area contributed by atoms with Crippen LogP contribution in [-0.4, -0.2) is 39.9 Å². The zero-order chi connectivity index (χ0) is 24.5. The van der Waals surface area contributed by atoms with E-state index in [1.165, 1.54) is 12.8 Å². The molecule has 0 aromatic carbocycles. The van der Waals surface area contributed by atoms with Crippen LogP contribution in [0.5, 0.6) is 0 Å². The molecule has 0 aliphatic carbocycles. The number of carbonyl (C=O) groups is 2. The molecule has 0 fully saturated rings. The van der Waals surface area contributed by atoms with Gasteiger partial charge in [-0.15, -0.1) is 0 Å². The first-order chi connectivity index (χ1) is 15.1. The molecule has 2 atom stereocenters. The first kappa shape index (κ1) is 35.6. The molecule has 192 valence electrons. The molecule has 0 spiro atoms. The van der Waals surface area contributed by atoms with Crippen molar-refractivity contribution >= 4 is 22.1 Å². The third kappa shape index (κ3) is 14.0. The van der Waals surface area contributed by atoms with Crippen molar-refractivity contribution in [2.75, 3.05) is 0 Å².